The van der Waals surface area contributed by atoms with Crippen LogP contribution in [0.3, 0.4) is 0 Å². The summed E-state index contributed by atoms with van der Waals surface area (Å²) in [7, 11) is 0. The molecule has 0 bridgehead atoms. The van der Waals surface area contributed by atoms with Gasteiger partial charge in [0.15, 0.2) is 0 Å². The number of aliphatic hydroxyl groups is 1. The number of amides is 2. The lowest BCUT2D eigenvalue weighted by atomic mass is 9.96. The van der Waals surface area contributed by atoms with E-state index in [9.17, 15) is 23.5 Å². The molecule has 2 amide bonds. The lowest BCUT2D eigenvalue weighted by molar-refractivity contribution is -0.148. The van der Waals surface area contributed by atoms with Crippen molar-refractivity contribution in [2.75, 3.05) is 6.61 Å². The highest BCUT2D eigenvalue weighted by atomic mass is 19.3. The number of hydrogen-bond acceptors (Lipinski definition) is 3. The molecule has 0 saturated carbocycles. The average molecular weight is 271 g/mol. The summed E-state index contributed by atoms with van der Waals surface area (Å²) < 4.78 is 25.2. The van der Waals surface area contributed by atoms with Crippen LogP contribution >= 0.6 is 0 Å². The third kappa shape index (κ3) is 2.20. The van der Waals surface area contributed by atoms with E-state index in [0.29, 0.717) is 18.4 Å². The first-order valence-electron chi connectivity index (χ1n) is 6.08. The van der Waals surface area contributed by atoms with Crippen LogP contribution < -0.4 is 0 Å². The van der Waals surface area contributed by atoms with Gasteiger partial charge in [-0.25, -0.2) is 8.78 Å². The molecule has 1 aliphatic heterocycles. The van der Waals surface area contributed by atoms with Crippen LogP contribution in [-0.4, -0.2) is 40.4 Å². The molecular formula is C13H15F2NO3. The second-order valence-corrected chi connectivity index (χ2v) is 5.03. The number of hydrogen-bond donors (Lipinski definition) is 1. The molecule has 0 saturated heterocycles. The molecule has 0 spiro atoms. The van der Waals surface area contributed by atoms with Crippen molar-refractivity contribution in [1.82, 2.24) is 4.90 Å². The van der Waals surface area contributed by atoms with Gasteiger partial charge >= 0.3 is 0 Å². The van der Waals surface area contributed by atoms with E-state index in [2.05, 4.69) is 0 Å². The number of rotatable bonds is 4. The van der Waals surface area contributed by atoms with Crippen molar-refractivity contribution in [2.24, 2.45) is 0 Å². The Labute approximate surface area is 109 Å². The van der Waals surface area contributed by atoms with E-state index in [1.807, 2.05) is 0 Å². The van der Waals surface area contributed by atoms with Gasteiger partial charge in [0.05, 0.1) is 12.1 Å². The Morgan fingerprint density at radius 2 is 2.11 bits per heavy atom. The molecule has 2 aliphatic rings. The molecule has 0 fully saturated rings. The summed E-state index contributed by atoms with van der Waals surface area (Å²) >= 11 is 0. The maximum absolute atomic E-state index is 12.6. The van der Waals surface area contributed by atoms with Gasteiger partial charge in [-0.05, 0) is 19.8 Å². The Kier molecular flexibility index (Phi) is 3.54. The molecule has 104 valence electrons. The Morgan fingerprint density at radius 3 is 2.63 bits per heavy atom. The van der Waals surface area contributed by atoms with Crippen LogP contribution in [0, 0.1) is 0 Å². The molecule has 0 aromatic heterocycles. The van der Waals surface area contributed by atoms with Gasteiger partial charge in [0.2, 0.25) is 6.43 Å². The van der Waals surface area contributed by atoms with Gasteiger partial charge in [-0.3, -0.25) is 14.5 Å². The fourth-order valence-corrected chi connectivity index (χ4v) is 2.48. The van der Waals surface area contributed by atoms with Gasteiger partial charge < -0.3 is 5.11 Å². The minimum Gasteiger partial charge on any atom is -0.394 e. The molecule has 2 rings (SSSR count). The van der Waals surface area contributed by atoms with E-state index >= 15 is 0 Å². The Balaban J connectivity index is 2.35. The van der Waals surface area contributed by atoms with Crippen molar-refractivity contribution in [1.29, 1.82) is 0 Å². The topological polar surface area (TPSA) is 57.6 Å². The van der Waals surface area contributed by atoms with Gasteiger partial charge in [-0.15, -0.1) is 0 Å². The quantitative estimate of drug-likeness (QED) is 0.786. The van der Waals surface area contributed by atoms with Crippen molar-refractivity contribution < 1.29 is 23.5 Å². The van der Waals surface area contributed by atoms with Crippen LogP contribution in [0.25, 0.3) is 0 Å². The first kappa shape index (κ1) is 13.9. The Morgan fingerprint density at radius 1 is 1.42 bits per heavy atom. The van der Waals surface area contributed by atoms with E-state index < -0.39 is 36.8 Å². The second-order valence-electron chi connectivity index (χ2n) is 5.03. The number of carbonyl (C=O) groups is 2. The normalized spacial score (nSPS) is 22.3. The summed E-state index contributed by atoms with van der Waals surface area (Å²) in [5, 5.41) is 9.35. The zero-order valence-electron chi connectivity index (χ0n) is 10.5. The fraction of sp³-hybridized carbons (Fsp3) is 0.538. The maximum atomic E-state index is 12.6. The maximum Gasteiger partial charge on any atom is 0.261 e. The van der Waals surface area contributed by atoms with Crippen molar-refractivity contribution in [3.05, 3.63) is 23.3 Å². The van der Waals surface area contributed by atoms with Crippen molar-refractivity contribution in [3.8, 4) is 0 Å². The summed E-state index contributed by atoms with van der Waals surface area (Å²) in [4.78, 5) is 25.2. The molecule has 0 radical (unpaired) electrons. The molecule has 19 heavy (non-hydrogen) atoms. The molecular weight excluding hydrogens is 256 g/mol. The number of nitrogens with zero attached hydrogens (tertiary/aromatic N) is 1. The minimum absolute atomic E-state index is 0.269. The molecule has 1 heterocycles. The van der Waals surface area contributed by atoms with Crippen LogP contribution in [0.2, 0.25) is 0 Å². The van der Waals surface area contributed by atoms with Gasteiger partial charge in [0, 0.05) is 17.6 Å². The summed E-state index contributed by atoms with van der Waals surface area (Å²) in [6.07, 6.45) is 0.979. The fourth-order valence-electron chi connectivity index (χ4n) is 2.48. The molecule has 1 unspecified atom stereocenters. The van der Waals surface area contributed by atoms with Crippen LogP contribution in [0.1, 0.15) is 26.2 Å². The van der Waals surface area contributed by atoms with Gasteiger partial charge in [-0.2, -0.15) is 0 Å². The van der Waals surface area contributed by atoms with Crippen molar-refractivity contribution in [3.63, 3.8) is 0 Å². The number of aliphatic hydroxyl groups excluding tert-OH is 1. The van der Waals surface area contributed by atoms with Crippen LogP contribution in [-0.2, 0) is 9.59 Å². The lowest BCUT2D eigenvalue weighted by Crippen LogP contribution is -2.54. The molecule has 6 heteroatoms. The first-order chi connectivity index (χ1) is 8.90. The number of imide groups is 1. The number of carbonyl (C=O) groups excluding carboxylic acids is 2. The van der Waals surface area contributed by atoms with Gasteiger partial charge in [-0.1, -0.05) is 12.2 Å². The number of alkyl halides is 2. The van der Waals surface area contributed by atoms with E-state index in [-0.39, 0.29) is 5.57 Å². The summed E-state index contributed by atoms with van der Waals surface area (Å²) in [6, 6.07) is 0. The number of allylic oxidation sites excluding steroid dienone is 1. The summed E-state index contributed by atoms with van der Waals surface area (Å²) in [6.45, 7) is 0.621. The lowest BCUT2D eigenvalue weighted by Gasteiger charge is -2.35. The third-order valence-corrected chi connectivity index (χ3v) is 3.54. The first-order valence-corrected chi connectivity index (χ1v) is 6.08. The van der Waals surface area contributed by atoms with Crippen molar-refractivity contribution >= 4 is 11.8 Å². The standard InChI is InChI=1S/C13H15F2NO3/c1-13(7-17,6-10(14)15)16-11(18)8-4-2-3-5-9(8)12(16)19/h2,4,10,17H,3,5-7H2,1H3. The predicted molar refractivity (Wildman–Crippen MR) is 63.4 cm³/mol. The highest BCUT2D eigenvalue weighted by Crippen LogP contribution is 2.35. The zero-order chi connectivity index (χ0) is 14.2. The molecule has 0 aromatic carbocycles. The van der Waals surface area contributed by atoms with Crippen molar-refractivity contribution in [2.45, 2.75) is 38.2 Å². The highest BCUT2D eigenvalue weighted by molar-refractivity contribution is 6.21. The van der Waals surface area contributed by atoms with E-state index in [0.717, 1.165) is 4.90 Å². The molecule has 1 N–H and O–H groups in total. The molecule has 1 aliphatic carbocycles. The average Bonchev–Trinajstić information content (AvgIpc) is 2.62. The van der Waals surface area contributed by atoms with Crippen LogP contribution in [0.5, 0.6) is 0 Å². The van der Waals surface area contributed by atoms with Gasteiger partial charge in [0.1, 0.15) is 0 Å². The minimum atomic E-state index is -2.70. The summed E-state index contributed by atoms with van der Waals surface area (Å²) in [5.41, 5.74) is -0.931. The number of halogens is 2. The largest absolute Gasteiger partial charge is 0.394 e. The Bertz CT molecular complexity index is 484. The third-order valence-electron chi connectivity index (χ3n) is 3.54. The SMILES string of the molecule is CC(CO)(CC(F)F)N1C(=O)C2=C(CCC=C2)C1=O. The summed E-state index contributed by atoms with van der Waals surface area (Å²) in [5.74, 6) is -1.14. The molecule has 4 nitrogen and oxygen atoms in total. The predicted octanol–water partition coefficient (Wildman–Crippen LogP) is 1.41. The molecule has 1 atom stereocenters. The highest BCUT2D eigenvalue weighted by Gasteiger charge is 2.48. The monoisotopic (exact) mass is 271 g/mol. The Hall–Kier alpha value is -1.56. The van der Waals surface area contributed by atoms with E-state index in [1.165, 1.54) is 6.92 Å². The van der Waals surface area contributed by atoms with Crippen LogP contribution in [0.4, 0.5) is 8.78 Å². The second kappa shape index (κ2) is 4.85. The van der Waals surface area contributed by atoms with Gasteiger partial charge in [0.25, 0.3) is 11.8 Å². The zero-order valence-corrected chi connectivity index (χ0v) is 10.5. The van der Waals surface area contributed by atoms with E-state index in [4.69, 9.17) is 0 Å². The smallest absolute Gasteiger partial charge is 0.261 e. The van der Waals surface area contributed by atoms with E-state index in [1.54, 1.807) is 12.2 Å². The van der Waals surface area contributed by atoms with Crippen LogP contribution in [0.15, 0.2) is 23.3 Å². The molecule has 0 aromatic rings.